The number of hydrogen-bond acceptors (Lipinski definition) is 13. The van der Waals surface area contributed by atoms with Crippen LogP contribution in [0.1, 0.15) is 174 Å². The lowest BCUT2D eigenvalue weighted by Crippen LogP contribution is -2.41. The molecule has 2 fully saturated rings. The lowest BCUT2D eigenvalue weighted by Gasteiger charge is -2.50. The molecule has 15 nitrogen and oxygen atoms in total. The van der Waals surface area contributed by atoms with E-state index in [9.17, 15) is 35.1 Å². The fourth-order valence-electron chi connectivity index (χ4n) is 18.4. The van der Waals surface area contributed by atoms with Crippen molar-refractivity contribution < 1.29 is 54.1 Å². The Bertz CT molecular complexity index is 4170. The normalized spacial score (nSPS) is 28.6. The van der Waals surface area contributed by atoms with Gasteiger partial charge >= 0.3 is 5.97 Å². The van der Waals surface area contributed by atoms with E-state index in [1.54, 1.807) is 37.3 Å². The van der Waals surface area contributed by atoms with Crippen LogP contribution in [0.5, 0.6) is 34.5 Å². The molecule has 3 spiro atoms. The minimum absolute atomic E-state index is 0.00633. The number of esters is 1. The summed E-state index contributed by atoms with van der Waals surface area (Å²) in [6, 6.07) is 20.5. The smallest absolute Gasteiger partial charge is 0.302 e. The van der Waals surface area contributed by atoms with Crippen molar-refractivity contribution in [3.05, 3.63) is 184 Å². The van der Waals surface area contributed by atoms with Crippen LogP contribution in [-0.2, 0) is 25.5 Å². The molecule has 4 heterocycles. The number of rotatable bonds is 12. The highest BCUT2D eigenvalue weighted by molar-refractivity contribution is 6.00. The third kappa shape index (κ3) is 11.3. The number of aliphatic hydroxyl groups is 2. The van der Waals surface area contributed by atoms with Crippen LogP contribution in [-0.4, -0.2) is 85.5 Å². The summed E-state index contributed by atoms with van der Waals surface area (Å²) in [4.78, 5) is 48.5. The molecule has 0 radical (unpaired) electrons. The SMILES string of the molecule is COc1cc([C@H]2CC(=O)C[C@H](OC(C)=O)CC[C@]34C5=CC=C[C@@H]3CC=C[C@@H]4c3c[nH]cc3[C@@H](C#CC5)[C@@H](c3cccc(O)c3)C3=CCNC(=C3)N(CCC(C)=O)c3ccc4c5c(n2cc35)C[C@@]2(CC[C@]3(CC[C@H](CCCO)C3)C2)[C@@H]4O)cc(O)c1Oc1cccc(O)c1. The van der Waals surface area contributed by atoms with Gasteiger partial charge in [0.15, 0.2) is 11.5 Å². The maximum absolute atomic E-state index is 15.9. The number of aromatic amines is 1. The molecule has 0 unspecified atom stereocenters. The molecule has 7 N–H and O–H groups in total. The number of phenolic OH excluding ortho intramolecular Hbond substituents is 3. The summed E-state index contributed by atoms with van der Waals surface area (Å²) in [6.45, 7) is 3.89. The van der Waals surface area contributed by atoms with E-state index >= 15 is 4.79 Å². The number of phenols is 3. The van der Waals surface area contributed by atoms with Crippen molar-refractivity contribution in [1.82, 2.24) is 14.9 Å². The van der Waals surface area contributed by atoms with Crippen molar-refractivity contribution in [3.8, 4) is 46.3 Å². The summed E-state index contributed by atoms with van der Waals surface area (Å²) >= 11 is 0. The molecule has 482 valence electrons. The van der Waals surface area contributed by atoms with Crippen LogP contribution < -0.4 is 19.7 Å². The number of aromatic hydroxyl groups is 3. The predicted molar refractivity (Wildman–Crippen MR) is 356 cm³/mol. The third-order valence-corrected chi connectivity index (χ3v) is 22.4. The number of dihydropyridines is 1. The highest BCUT2D eigenvalue weighted by Gasteiger charge is 2.57. The zero-order valence-corrected chi connectivity index (χ0v) is 53.3. The third-order valence-electron chi connectivity index (χ3n) is 22.4. The molecule has 15 heteroatoms. The second kappa shape index (κ2) is 25.0. The fraction of sp³-hybridized carbons (Fsp3) is 0.423. The van der Waals surface area contributed by atoms with Gasteiger partial charge in [0, 0.05) is 116 Å². The lowest BCUT2D eigenvalue weighted by molar-refractivity contribution is -0.148. The van der Waals surface area contributed by atoms with Gasteiger partial charge in [0.05, 0.1) is 30.9 Å². The van der Waals surface area contributed by atoms with Crippen molar-refractivity contribution in [2.75, 3.05) is 31.7 Å². The van der Waals surface area contributed by atoms with E-state index in [0.717, 1.165) is 114 Å². The van der Waals surface area contributed by atoms with Crippen molar-refractivity contribution in [3.63, 3.8) is 0 Å². The predicted octanol–water partition coefficient (Wildman–Crippen LogP) is 14.1. The topological polar surface area (TPSA) is 216 Å². The first kappa shape index (κ1) is 61.8. The highest BCUT2D eigenvalue weighted by Crippen LogP contribution is 2.67. The number of ketones is 2. The van der Waals surface area contributed by atoms with Crippen LogP contribution in [0.4, 0.5) is 5.69 Å². The highest BCUT2D eigenvalue weighted by atomic mass is 16.5. The van der Waals surface area contributed by atoms with Crippen molar-refractivity contribution in [1.29, 1.82) is 0 Å². The van der Waals surface area contributed by atoms with Gasteiger partial charge in [-0.15, -0.1) is 0 Å². The molecular weight excluding hydrogens is 1170 g/mol. The van der Waals surface area contributed by atoms with Crippen molar-refractivity contribution in [2.24, 2.45) is 28.1 Å². The summed E-state index contributed by atoms with van der Waals surface area (Å²) in [6.07, 6.45) is 30.5. The standard InChI is InChI=1S/C78H84N4O11/c1-47(84)26-32-81-66-22-21-61-73-64(66)45-82(68(73)42-77(75(61)90)30-29-76(46-77)27-23-49(41-76)10-9-33-83)67(52-35-69(89)74(70(36-52)91-3)93-58-18-8-17-56(87)38-58)40-57(88)39-59(92-48(2)85)24-28-78-53-12-5-13-54(78)15-7-20-65(78)63-44-79-43-62(63)60(19-6-14-53)72(50-11-4-16-55(86)34-50)51-25-31-80-71(81)37-51/h4-5,7-8,11-13,16-18,20-22,25,34-38,43-45,49,54,59-60,65,67,72,75,79-80,83,86-87,89-90H,9-10,14-15,23-24,26-33,39-42,46H2,1-3H3/t49-,54+,59+,60+,65+,67+,72-,75+,76-,77+,78-/m0/s1. The van der Waals surface area contributed by atoms with Crippen LogP contribution in [0.25, 0.3) is 10.8 Å². The number of nitrogens with one attached hydrogen (secondary N) is 2. The Labute approximate surface area is 543 Å². The van der Waals surface area contributed by atoms with Gasteiger partial charge in [-0.3, -0.25) is 14.4 Å². The first-order valence-corrected chi connectivity index (χ1v) is 33.5. The quantitative estimate of drug-likeness (QED) is 0.0345. The van der Waals surface area contributed by atoms with Gasteiger partial charge in [-0.25, -0.2) is 0 Å². The number of carbonyl (C=O) groups excluding carboxylic acids is 3. The summed E-state index contributed by atoms with van der Waals surface area (Å²) in [7, 11) is 1.49. The second-order valence-corrected chi connectivity index (χ2v) is 27.9. The largest absolute Gasteiger partial charge is 0.508 e. The number of benzene rings is 4. The second-order valence-electron chi connectivity index (χ2n) is 27.9. The molecule has 0 saturated heterocycles. The first-order valence-electron chi connectivity index (χ1n) is 33.5. The first-order chi connectivity index (χ1) is 45.1. The van der Waals surface area contributed by atoms with Crippen LogP contribution in [0.15, 0.2) is 151 Å². The van der Waals surface area contributed by atoms with E-state index in [1.165, 1.54) is 31.7 Å². The van der Waals surface area contributed by atoms with Crippen LogP contribution in [0, 0.1) is 39.9 Å². The molecule has 93 heavy (non-hydrogen) atoms. The minimum atomic E-state index is -0.836. The van der Waals surface area contributed by atoms with Crippen LogP contribution >= 0.6 is 0 Å². The van der Waals surface area contributed by atoms with E-state index in [-0.39, 0.29) is 95.7 Å². The monoisotopic (exact) mass is 1250 g/mol. The van der Waals surface area contributed by atoms with Gasteiger partial charge < -0.3 is 59.5 Å². The van der Waals surface area contributed by atoms with E-state index < -0.39 is 46.9 Å². The number of ether oxygens (including phenoxy) is 3. The number of H-pyrrole nitrogens is 1. The molecule has 2 aliphatic heterocycles. The zero-order valence-electron chi connectivity index (χ0n) is 53.3. The van der Waals surface area contributed by atoms with Gasteiger partial charge in [0.1, 0.15) is 40.7 Å². The maximum Gasteiger partial charge on any atom is 0.302 e. The Hall–Kier alpha value is -8.71. The lowest BCUT2D eigenvalue weighted by atomic mass is 9.53. The average Bonchev–Trinajstić information content (AvgIpc) is 1.59. The number of allylic oxidation sites excluding steroid dienone is 8. The molecule has 2 aromatic heterocycles. The van der Waals surface area contributed by atoms with E-state index in [2.05, 4.69) is 111 Å². The van der Waals surface area contributed by atoms with Gasteiger partial charge in [-0.05, 0) is 183 Å². The summed E-state index contributed by atoms with van der Waals surface area (Å²) in [5.74, 6) is 7.62. The minimum Gasteiger partial charge on any atom is -0.508 e. The fourth-order valence-corrected chi connectivity index (χ4v) is 18.4. The van der Waals surface area contributed by atoms with Gasteiger partial charge in [-0.2, -0.15) is 0 Å². The number of methoxy groups -OCH3 is 1. The van der Waals surface area contributed by atoms with Crippen molar-refractivity contribution in [2.45, 2.75) is 153 Å². The molecule has 14 rings (SSSR count). The number of aromatic nitrogens is 2. The van der Waals surface area contributed by atoms with Gasteiger partial charge in [0.2, 0.25) is 5.75 Å². The number of carbonyl (C=O) groups is 3. The molecule has 6 bridgehead atoms. The van der Waals surface area contributed by atoms with Gasteiger partial charge in [0.25, 0.3) is 0 Å². The molecule has 6 aromatic rings. The molecule has 0 amide bonds. The number of hydrogen-bond donors (Lipinski definition) is 7. The molecule has 11 atom stereocenters. The Balaban J connectivity index is 0.998. The van der Waals surface area contributed by atoms with Crippen LogP contribution in [0.2, 0.25) is 0 Å². The summed E-state index contributed by atoms with van der Waals surface area (Å²) in [5, 5.41) is 62.8. The molecular formula is C78H84N4O11. The van der Waals surface area contributed by atoms with E-state index in [1.807, 2.05) is 12.1 Å². The number of nitrogens with zero attached hydrogens (tertiary/aromatic N) is 2. The number of aliphatic hydroxyl groups excluding tert-OH is 2. The molecule has 8 aliphatic rings. The Kier molecular flexibility index (Phi) is 16.6. The van der Waals surface area contributed by atoms with E-state index in [0.29, 0.717) is 43.7 Å². The van der Waals surface area contributed by atoms with Crippen LogP contribution in [0.3, 0.4) is 0 Å². The summed E-state index contributed by atoms with van der Waals surface area (Å²) < 4.78 is 20.9. The molecule has 6 aliphatic carbocycles. The Morgan fingerprint density at radius 3 is 2.54 bits per heavy atom. The van der Waals surface area contributed by atoms with Gasteiger partial charge in [-0.1, -0.05) is 78.1 Å². The maximum atomic E-state index is 15.9. The Morgan fingerprint density at radius 1 is 0.892 bits per heavy atom. The average molecular weight is 1250 g/mol. The van der Waals surface area contributed by atoms with E-state index in [4.69, 9.17) is 14.2 Å². The number of Topliss-reactive ketones (excluding diaryl/α,β-unsaturated/α-hetero) is 2. The zero-order chi connectivity index (χ0) is 64.3. The molecule has 4 aromatic carbocycles. The number of anilines is 1. The summed E-state index contributed by atoms with van der Waals surface area (Å²) in [5.41, 5.74) is 7.15. The number of fused-ring (bicyclic) bond motifs is 3. The Morgan fingerprint density at radius 2 is 1.73 bits per heavy atom. The molecule has 2 saturated carbocycles. The van der Waals surface area contributed by atoms with Crippen molar-refractivity contribution >= 4 is 34.0 Å².